The minimum Gasteiger partial charge on any atom is -0.382 e. The van der Waals surface area contributed by atoms with E-state index in [4.69, 9.17) is 9.47 Å². The van der Waals surface area contributed by atoms with Gasteiger partial charge in [-0.3, -0.25) is 4.79 Å². The van der Waals surface area contributed by atoms with Gasteiger partial charge >= 0.3 is 18.4 Å². The molecule has 1 aliphatic rings. The maximum absolute atomic E-state index is 13.5. The summed E-state index contributed by atoms with van der Waals surface area (Å²) < 4.78 is 93.4. The number of hydrogen-bond donors (Lipinski definition) is 2. The fourth-order valence-corrected chi connectivity index (χ4v) is 4.38. The summed E-state index contributed by atoms with van der Waals surface area (Å²) in [5.74, 6) is -0.840. The van der Waals surface area contributed by atoms with E-state index in [-0.39, 0.29) is 35.4 Å². The van der Waals surface area contributed by atoms with Crippen molar-refractivity contribution in [2.24, 2.45) is 0 Å². The summed E-state index contributed by atoms with van der Waals surface area (Å²) in [4.78, 5) is 34.9. The van der Waals surface area contributed by atoms with Crippen molar-refractivity contribution in [3.8, 4) is 0 Å². The summed E-state index contributed by atoms with van der Waals surface area (Å²) in [6, 6.07) is -4.02. The van der Waals surface area contributed by atoms with Crippen LogP contribution in [0.4, 0.5) is 31.1 Å². The second kappa shape index (κ2) is 12.2. The minimum absolute atomic E-state index is 0.0657. The van der Waals surface area contributed by atoms with Gasteiger partial charge in [0.1, 0.15) is 12.4 Å². The number of urea groups is 1. The monoisotopic (exact) mass is 635 g/mol. The highest BCUT2D eigenvalue weighted by atomic mass is 19.4. The molecule has 0 saturated carbocycles. The van der Waals surface area contributed by atoms with E-state index in [9.17, 15) is 35.9 Å². The van der Waals surface area contributed by atoms with E-state index >= 15 is 0 Å². The average molecular weight is 636 g/mol. The van der Waals surface area contributed by atoms with Gasteiger partial charge in [0.2, 0.25) is 5.82 Å². The van der Waals surface area contributed by atoms with Crippen LogP contribution in [0.25, 0.3) is 5.65 Å². The fraction of sp³-hybridized carbons (Fsp3) is 0.600. The molecule has 0 aromatic carbocycles. The predicted molar refractivity (Wildman–Crippen MR) is 139 cm³/mol. The van der Waals surface area contributed by atoms with Gasteiger partial charge in [-0.05, 0) is 33.8 Å². The fourth-order valence-electron chi connectivity index (χ4n) is 4.38. The number of methoxy groups -OCH3 is 1. The first-order chi connectivity index (χ1) is 20.4. The third-order valence-corrected chi connectivity index (χ3v) is 7.00. The molecule has 4 rings (SSSR count). The number of hydrogen-bond acceptors (Lipinski definition) is 8. The van der Waals surface area contributed by atoms with Gasteiger partial charge in [0.05, 0.1) is 49.9 Å². The van der Waals surface area contributed by atoms with E-state index in [2.05, 4.69) is 25.5 Å². The number of carbonyl (C=O) groups excluding carboxylic acids is 2. The van der Waals surface area contributed by atoms with Crippen molar-refractivity contribution in [2.75, 3.05) is 26.9 Å². The molecule has 13 nitrogen and oxygen atoms in total. The van der Waals surface area contributed by atoms with E-state index in [1.807, 2.05) is 5.32 Å². The number of rotatable bonds is 11. The van der Waals surface area contributed by atoms with Gasteiger partial charge < -0.3 is 25.0 Å². The first-order valence-corrected chi connectivity index (χ1v) is 13.3. The van der Waals surface area contributed by atoms with Gasteiger partial charge in [-0.2, -0.15) is 36.5 Å². The topological polar surface area (TPSA) is 141 Å². The Hall–Kier alpha value is -4.00. The molecule has 3 aromatic rings. The highest BCUT2D eigenvalue weighted by Crippen LogP contribution is 2.34. The van der Waals surface area contributed by atoms with Crippen molar-refractivity contribution in [3.63, 3.8) is 0 Å². The molecule has 1 fully saturated rings. The normalized spacial score (nSPS) is 17.8. The van der Waals surface area contributed by atoms with Gasteiger partial charge in [-0.1, -0.05) is 0 Å². The van der Waals surface area contributed by atoms with Gasteiger partial charge in [0.15, 0.2) is 11.2 Å². The first-order valence-electron chi connectivity index (χ1n) is 13.3. The van der Waals surface area contributed by atoms with Gasteiger partial charge in [0.25, 0.3) is 5.91 Å². The van der Waals surface area contributed by atoms with Crippen molar-refractivity contribution in [1.82, 2.24) is 44.9 Å². The molecule has 3 amide bonds. The molecule has 0 unspecified atom stereocenters. The molecule has 0 spiro atoms. The number of alkyl halides is 6. The van der Waals surface area contributed by atoms with Crippen molar-refractivity contribution < 1.29 is 45.4 Å². The lowest BCUT2D eigenvalue weighted by atomic mass is 10.1. The number of nitrogens with one attached hydrogen (secondary N) is 2. The van der Waals surface area contributed by atoms with Gasteiger partial charge in [-0.25, -0.2) is 24.0 Å². The van der Waals surface area contributed by atoms with Crippen molar-refractivity contribution in [3.05, 3.63) is 41.9 Å². The van der Waals surface area contributed by atoms with Crippen LogP contribution in [0.5, 0.6) is 0 Å². The molecule has 19 heteroatoms. The van der Waals surface area contributed by atoms with Crippen LogP contribution in [-0.2, 0) is 9.47 Å². The SMILES string of the molecule is COC[C@H](c1cnn2cc([C@H](COC(C)(C)C(F)(F)F)NC(=O)c3ncnn3C(C)C)nc2c1)N1C[C@@H](C(F)(F)F)NC1=O. The van der Waals surface area contributed by atoms with Crippen LogP contribution in [-0.4, -0.2) is 97.1 Å². The largest absolute Gasteiger partial charge is 0.416 e. The van der Waals surface area contributed by atoms with Gasteiger partial charge in [0, 0.05) is 18.7 Å². The van der Waals surface area contributed by atoms with E-state index in [0.29, 0.717) is 0 Å². The summed E-state index contributed by atoms with van der Waals surface area (Å²) in [5.41, 5.74) is -2.09. The second-order valence-electron chi connectivity index (χ2n) is 10.9. The van der Waals surface area contributed by atoms with Crippen LogP contribution in [0.2, 0.25) is 0 Å². The molecule has 1 saturated heterocycles. The predicted octanol–water partition coefficient (Wildman–Crippen LogP) is 3.37. The minimum atomic E-state index is -4.72. The number of amides is 3. The van der Waals surface area contributed by atoms with Crippen LogP contribution in [0.3, 0.4) is 0 Å². The van der Waals surface area contributed by atoms with Crippen LogP contribution >= 0.6 is 0 Å². The summed E-state index contributed by atoms with van der Waals surface area (Å²) >= 11 is 0. The van der Waals surface area contributed by atoms with E-state index in [1.54, 1.807) is 13.8 Å². The Labute approximate surface area is 246 Å². The Balaban J connectivity index is 1.66. The molecular formula is C25H31F6N9O4. The van der Waals surface area contributed by atoms with Crippen molar-refractivity contribution >= 4 is 17.6 Å². The lowest BCUT2D eigenvalue weighted by Gasteiger charge is -2.30. The Morgan fingerprint density at radius 1 is 1.16 bits per heavy atom. The number of halogens is 6. The third-order valence-electron chi connectivity index (χ3n) is 7.00. The summed E-state index contributed by atoms with van der Waals surface area (Å²) in [5, 5.41) is 12.7. The zero-order chi connectivity index (χ0) is 32.6. The molecule has 3 atom stereocenters. The zero-order valence-corrected chi connectivity index (χ0v) is 24.3. The molecule has 0 radical (unpaired) electrons. The van der Waals surface area contributed by atoms with Crippen LogP contribution < -0.4 is 10.6 Å². The number of ether oxygens (including phenoxy) is 2. The lowest BCUT2D eigenvalue weighted by Crippen LogP contribution is -2.44. The highest BCUT2D eigenvalue weighted by Gasteiger charge is 2.50. The maximum atomic E-state index is 13.5. The van der Waals surface area contributed by atoms with Crippen LogP contribution in [0.15, 0.2) is 24.8 Å². The first kappa shape index (κ1) is 32.9. The Kier molecular flexibility index (Phi) is 9.11. The quantitative estimate of drug-likeness (QED) is 0.306. The molecule has 2 N–H and O–H groups in total. The Morgan fingerprint density at radius 2 is 1.86 bits per heavy atom. The van der Waals surface area contributed by atoms with Gasteiger partial charge in [-0.15, -0.1) is 0 Å². The van der Waals surface area contributed by atoms with E-state index in [1.165, 1.54) is 34.8 Å². The highest BCUT2D eigenvalue weighted by molar-refractivity contribution is 5.90. The summed E-state index contributed by atoms with van der Waals surface area (Å²) in [6.07, 6.45) is -5.56. The molecule has 1 aliphatic heterocycles. The molecule has 3 aromatic heterocycles. The smallest absolute Gasteiger partial charge is 0.382 e. The molecule has 44 heavy (non-hydrogen) atoms. The number of nitrogens with zero attached hydrogens (tertiary/aromatic N) is 7. The van der Waals surface area contributed by atoms with E-state index in [0.717, 1.165) is 25.1 Å². The molecular weight excluding hydrogens is 604 g/mol. The molecule has 242 valence electrons. The Bertz CT molecular complexity index is 1490. The number of carbonyl (C=O) groups is 2. The number of fused-ring (bicyclic) bond motifs is 1. The number of aromatic nitrogens is 6. The van der Waals surface area contributed by atoms with Crippen LogP contribution in [0.1, 0.15) is 67.7 Å². The third kappa shape index (κ3) is 6.87. The average Bonchev–Trinajstić information content (AvgIpc) is 3.66. The number of imidazole rings is 1. The zero-order valence-electron chi connectivity index (χ0n) is 24.3. The molecule has 0 bridgehead atoms. The molecule has 0 aliphatic carbocycles. The van der Waals surface area contributed by atoms with Crippen LogP contribution in [0, 0.1) is 0 Å². The van der Waals surface area contributed by atoms with Crippen molar-refractivity contribution in [1.29, 1.82) is 0 Å². The van der Waals surface area contributed by atoms with E-state index < -0.39 is 61.2 Å². The van der Waals surface area contributed by atoms with Crippen molar-refractivity contribution in [2.45, 2.75) is 69.8 Å². The maximum Gasteiger partial charge on any atom is 0.416 e. The second-order valence-corrected chi connectivity index (χ2v) is 10.9. The lowest BCUT2D eigenvalue weighted by molar-refractivity contribution is -0.265. The summed E-state index contributed by atoms with van der Waals surface area (Å²) in [6.45, 7) is 3.72. The summed E-state index contributed by atoms with van der Waals surface area (Å²) in [7, 11) is 1.32. The molecule has 4 heterocycles. The standard InChI is InChI=1S/C25H31F6N9O4/c1-13(2)40-20(32-12-34-40)21(41)36-16(10-44-23(3,4)25(29,30)31)15-8-39-19(35-15)6-14(7-33-39)17(11-43-5)38-9-18(24(26,27)28)37-22(38)42/h6-8,12-13,16-18H,9-11H2,1-5H3,(H,36,41)(H,37,42)/t16-,17+,18-/m0/s1. The Morgan fingerprint density at radius 3 is 2.45 bits per heavy atom.